The molecule has 28 heavy (non-hydrogen) atoms. The van der Waals surface area contributed by atoms with E-state index in [1.807, 2.05) is 6.20 Å². The van der Waals surface area contributed by atoms with Crippen LogP contribution in [0.4, 0.5) is 0 Å². The van der Waals surface area contributed by atoms with Crippen molar-refractivity contribution in [2.75, 3.05) is 19.8 Å². The molecule has 0 saturated carbocycles. The van der Waals surface area contributed by atoms with Gasteiger partial charge >= 0.3 is 0 Å². The fraction of sp³-hybridized carbons (Fsp3) is 0.261. The lowest BCUT2D eigenvalue weighted by atomic mass is 10.1. The first-order valence-corrected chi connectivity index (χ1v) is 9.77. The van der Waals surface area contributed by atoms with Gasteiger partial charge in [0.05, 0.1) is 31.1 Å². The lowest BCUT2D eigenvalue weighted by molar-refractivity contribution is -0.0154. The zero-order chi connectivity index (χ0) is 18.9. The highest BCUT2D eigenvalue weighted by Crippen LogP contribution is 2.28. The smallest absolute Gasteiger partial charge is 0.126 e. The minimum absolute atomic E-state index is 0.126. The van der Waals surface area contributed by atoms with Gasteiger partial charge in [0.15, 0.2) is 0 Å². The van der Waals surface area contributed by atoms with Crippen LogP contribution in [-0.4, -0.2) is 39.6 Å². The molecule has 0 amide bonds. The topological polar surface area (TPSA) is 56.9 Å². The van der Waals surface area contributed by atoms with Crippen molar-refractivity contribution in [2.24, 2.45) is 0 Å². The van der Waals surface area contributed by atoms with E-state index in [1.165, 1.54) is 22.0 Å². The zero-order valence-corrected chi connectivity index (χ0v) is 16.0. The van der Waals surface area contributed by atoms with Crippen LogP contribution < -0.4 is 0 Å². The summed E-state index contributed by atoms with van der Waals surface area (Å²) in [5.74, 6) is 0.968. The number of ether oxygens (including phenoxy) is 1. The van der Waals surface area contributed by atoms with Crippen molar-refractivity contribution in [1.29, 1.82) is 0 Å². The number of nitrogens with one attached hydrogen (secondary N) is 2. The molecule has 3 heterocycles. The predicted molar refractivity (Wildman–Crippen MR) is 111 cm³/mol. The highest BCUT2D eigenvalue weighted by atomic mass is 16.5. The Hall–Kier alpha value is -2.89. The van der Waals surface area contributed by atoms with Crippen LogP contribution in [0.2, 0.25) is 0 Å². The molecule has 0 aliphatic carbocycles. The van der Waals surface area contributed by atoms with Gasteiger partial charge in [0, 0.05) is 30.2 Å². The molecular formula is C23H24N4O. The molecule has 0 radical (unpaired) electrons. The van der Waals surface area contributed by atoms with E-state index in [0.29, 0.717) is 6.61 Å². The van der Waals surface area contributed by atoms with Gasteiger partial charge in [-0.15, -0.1) is 0 Å². The normalized spacial score (nSPS) is 18.0. The van der Waals surface area contributed by atoms with Crippen LogP contribution in [0.5, 0.6) is 0 Å². The molecule has 1 fully saturated rings. The summed E-state index contributed by atoms with van der Waals surface area (Å²) in [5, 5.41) is 1.28. The fourth-order valence-corrected chi connectivity index (χ4v) is 3.95. The number of rotatable bonds is 4. The number of hydrogen-bond donors (Lipinski definition) is 2. The van der Waals surface area contributed by atoms with Crippen LogP contribution >= 0.6 is 0 Å². The molecule has 1 aliphatic rings. The van der Waals surface area contributed by atoms with Gasteiger partial charge < -0.3 is 14.7 Å². The standard InChI is InChI=1S/C23H24N4O/c1-16-6-8-17(9-7-16)21-13-25-23(26-21)22-15-28-11-10-27(22)14-18-12-24-20-5-3-2-4-19(18)20/h2-9,12-13,22,24H,10-11,14-15H2,1H3,(H,25,26)/t22-/m0/s1. The molecule has 4 aromatic rings. The number of nitrogens with zero attached hydrogens (tertiary/aromatic N) is 2. The van der Waals surface area contributed by atoms with Crippen molar-refractivity contribution < 1.29 is 4.74 Å². The number of para-hydroxylation sites is 1. The van der Waals surface area contributed by atoms with Crippen LogP contribution in [0.15, 0.2) is 60.9 Å². The third kappa shape index (κ3) is 3.23. The molecule has 5 nitrogen and oxygen atoms in total. The lowest BCUT2D eigenvalue weighted by Crippen LogP contribution is -2.39. The van der Waals surface area contributed by atoms with Gasteiger partial charge in [-0.25, -0.2) is 4.98 Å². The Morgan fingerprint density at radius 3 is 2.89 bits per heavy atom. The first-order valence-electron chi connectivity index (χ1n) is 9.77. The van der Waals surface area contributed by atoms with E-state index in [4.69, 9.17) is 9.72 Å². The molecule has 1 atom stereocenters. The second-order valence-electron chi connectivity index (χ2n) is 7.47. The van der Waals surface area contributed by atoms with Gasteiger partial charge in [0.1, 0.15) is 5.82 Å². The lowest BCUT2D eigenvalue weighted by Gasteiger charge is -2.34. The molecule has 1 saturated heterocycles. The number of H-pyrrole nitrogens is 2. The Bertz CT molecular complexity index is 1080. The highest BCUT2D eigenvalue weighted by Gasteiger charge is 2.27. The van der Waals surface area contributed by atoms with Crippen molar-refractivity contribution in [1.82, 2.24) is 19.9 Å². The summed E-state index contributed by atoms with van der Waals surface area (Å²) in [6, 6.07) is 17.1. The minimum Gasteiger partial charge on any atom is -0.378 e. The third-order valence-corrected chi connectivity index (χ3v) is 5.56. The second-order valence-corrected chi connectivity index (χ2v) is 7.47. The number of hydrogen-bond acceptors (Lipinski definition) is 3. The average molecular weight is 372 g/mol. The molecule has 2 aromatic carbocycles. The number of benzene rings is 2. The van der Waals surface area contributed by atoms with Crippen LogP contribution in [0.3, 0.4) is 0 Å². The molecular weight excluding hydrogens is 348 g/mol. The van der Waals surface area contributed by atoms with Gasteiger partial charge in [-0.1, -0.05) is 48.0 Å². The maximum atomic E-state index is 5.79. The second kappa shape index (κ2) is 7.26. The number of aryl methyl sites for hydroxylation is 1. The van der Waals surface area contributed by atoms with Crippen molar-refractivity contribution in [3.8, 4) is 11.3 Å². The molecule has 2 aromatic heterocycles. The van der Waals surface area contributed by atoms with E-state index >= 15 is 0 Å². The molecule has 0 spiro atoms. The van der Waals surface area contributed by atoms with E-state index in [1.54, 1.807) is 0 Å². The van der Waals surface area contributed by atoms with E-state index in [0.717, 1.165) is 36.8 Å². The quantitative estimate of drug-likeness (QED) is 0.557. The first-order chi connectivity index (χ1) is 13.8. The SMILES string of the molecule is Cc1ccc(-c2cnc([C@@H]3COCCN3Cc3c[nH]c4ccccc34)[nH]2)cc1. The number of aromatic amines is 2. The van der Waals surface area contributed by atoms with Gasteiger partial charge in [0.25, 0.3) is 0 Å². The number of imidazole rings is 1. The maximum absolute atomic E-state index is 5.79. The van der Waals surface area contributed by atoms with Crippen molar-refractivity contribution in [3.05, 3.63) is 77.9 Å². The maximum Gasteiger partial charge on any atom is 0.126 e. The van der Waals surface area contributed by atoms with Crippen molar-refractivity contribution >= 4 is 10.9 Å². The number of morpholine rings is 1. The van der Waals surface area contributed by atoms with Gasteiger partial charge in [-0.3, -0.25) is 4.90 Å². The predicted octanol–water partition coefficient (Wildman–Crippen LogP) is 4.44. The number of aromatic nitrogens is 3. The zero-order valence-electron chi connectivity index (χ0n) is 16.0. The van der Waals surface area contributed by atoms with Gasteiger partial charge in [-0.05, 0) is 24.1 Å². The molecule has 2 N–H and O–H groups in total. The summed E-state index contributed by atoms with van der Waals surface area (Å²) < 4.78 is 5.79. The molecule has 0 unspecified atom stereocenters. The van der Waals surface area contributed by atoms with Gasteiger partial charge in [0.2, 0.25) is 0 Å². The summed E-state index contributed by atoms with van der Waals surface area (Å²) in [7, 11) is 0. The summed E-state index contributed by atoms with van der Waals surface area (Å²) >= 11 is 0. The summed E-state index contributed by atoms with van der Waals surface area (Å²) in [6.07, 6.45) is 4.05. The van der Waals surface area contributed by atoms with Crippen LogP contribution in [0.25, 0.3) is 22.2 Å². The number of fused-ring (bicyclic) bond motifs is 1. The van der Waals surface area contributed by atoms with Crippen LogP contribution in [-0.2, 0) is 11.3 Å². The monoisotopic (exact) mass is 372 g/mol. The van der Waals surface area contributed by atoms with Crippen molar-refractivity contribution in [3.63, 3.8) is 0 Å². The van der Waals surface area contributed by atoms with E-state index in [2.05, 4.69) is 76.5 Å². The summed E-state index contributed by atoms with van der Waals surface area (Å²) in [6.45, 7) is 5.28. The van der Waals surface area contributed by atoms with Crippen LogP contribution in [0.1, 0.15) is 23.0 Å². The third-order valence-electron chi connectivity index (χ3n) is 5.56. The summed E-state index contributed by atoms with van der Waals surface area (Å²) in [4.78, 5) is 14.1. The van der Waals surface area contributed by atoms with Crippen LogP contribution in [0, 0.1) is 6.92 Å². The summed E-state index contributed by atoms with van der Waals surface area (Å²) in [5.41, 5.74) is 5.96. The Morgan fingerprint density at radius 2 is 2.00 bits per heavy atom. The largest absolute Gasteiger partial charge is 0.378 e. The van der Waals surface area contributed by atoms with E-state index in [-0.39, 0.29) is 6.04 Å². The Balaban J connectivity index is 1.41. The Kier molecular flexibility index (Phi) is 4.47. The highest BCUT2D eigenvalue weighted by molar-refractivity contribution is 5.82. The fourth-order valence-electron chi connectivity index (χ4n) is 3.95. The Morgan fingerprint density at radius 1 is 1.14 bits per heavy atom. The molecule has 5 rings (SSSR count). The molecule has 0 bridgehead atoms. The average Bonchev–Trinajstić information content (AvgIpc) is 3.37. The van der Waals surface area contributed by atoms with Crippen molar-refractivity contribution in [2.45, 2.75) is 19.5 Å². The minimum atomic E-state index is 0.126. The molecule has 1 aliphatic heterocycles. The van der Waals surface area contributed by atoms with E-state index in [9.17, 15) is 0 Å². The Labute approximate surface area is 164 Å². The first kappa shape index (κ1) is 17.2. The van der Waals surface area contributed by atoms with E-state index < -0.39 is 0 Å². The molecule has 142 valence electrons. The van der Waals surface area contributed by atoms with Gasteiger partial charge in [-0.2, -0.15) is 0 Å². The molecule has 5 heteroatoms.